The van der Waals surface area contributed by atoms with Crippen LogP contribution in [-0.4, -0.2) is 20.9 Å². The van der Waals surface area contributed by atoms with Crippen LogP contribution in [-0.2, 0) is 12.8 Å². The number of hydrogen-bond acceptors (Lipinski definition) is 7. The van der Waals surface area contributed by atoms with Crippen molar-refractivity contribution < 1.29 is 19.2 Å². The molecule has 1 amide bonds. The van der Waals surface area contributed by atoms with Gasteiger partial charge in [-0.2, -0.15) is 0 Å². The summed E-state index contributed by atoms with van der Waals surface area (Å²) in [6.07, 6.45) is 3.41. The molecule has 0 atom stereocenters. The van der Waals surface area contributed by atoms with Gasteiger partial charge in [-0.05, 0) is 25.7 Å². The first-order valence-electron chi connectivity index (χ1n) is 7.18. The lowest BCUT2D eigenvalue weighted by Gasteiger charge is -2.09. The van der Waals surface area contributed by atoms with Crippen molar-refractivity contribution in [2.24, 2.45) is 0 Å². The Morgan fingerprint density at radius 1 is 1.08 bits per heavy atom. The second kappa shape index (κ2) is 6.07. The molecule has 1 aliphatic carbocycles. The number of non-ortho nitro benzene ring substituents is 2. The summed E-state index contributed by atoms with van der Waals surface area (Å²) in [5.74, 6) is -0.546. The normalized spacial score (nSPS) is 13.2. The summed E-state index contributed by atoms with van der Waals surface area (Å²) in [6.45, 7) is 0. The average Bonchev–Trinajstić information content (AvgIpc) is 2.97. The topological polar surface area (TPSA) is 141 Å². The van der Waals surface area contributed by atoms with Gasteiger partial charge in [-0.15, -0.1) is 0 Å². The van der Waals surface area contributed by atoms with E-state index in [0.29, 0.717) is 6.42 Å². The van der Waals surface area contributed by atoms with Gasteiger partial charge < -0.3 is 4.52 Å². The maximum atomic E-state index is 12.3. The number of anilines is 1. The van der Waals surface area contributed by atoms with Crippen molar-refractivity contribution in [1.82, 2.24) is 5.16 Å². The van der Waals surface area contributed by atoms with Crippen LogP contribution in [0.5, 0.6) is 0 Å². The summed E-state index contributed by atoms with van der Waals surface area (Å²) in [4.78, 5) is 32.5. The summed E-state index contributed by atoms with van der Waals surface area (Å²) in [5.41, 5.74) is 0.316. The first-order chi connectivity index (χ1) is 11.5. The Balaban J connectivity index is 1.91. The van der Waals surface area contributed by atoms with Crippen LogP contribution in [0.3, 0.4) is 0 Å². The molecule has 0 radical (unpaired) electrons. The van der Waals surface area contributed by atoms with E-state index in [2.05, 4.69) is 10.5 Å². The lowest BCUT2D eigenvalue weighted by atomic mass is 9.97. The Hall–Kier alpha value is -3.30. The number of benzene rings is 1. The highest BCUT2D eigenvalue weighted by atomic mass is 16.6. The number of rotatable bonds is 4. The molecule has 1 aromatic carbocycles. The van der Waals surface area contributed by atoms with Gasteiger partial charge in [0.05, 0.1) is 27.2 Å². The molecule has 0 aliphatic heterocycles. The fourth-order valence-corrected chi connectivity index (χ4v) is 2.60. The maximum Gasteiger partial charge on any atom is 0.277 e. The molecular weight excluding hydrogens is 320 g/mol. The summed E-state index contributed by atoms with van der Waals surface area (Å²) >= 11 is 0. The van der Waals surface area contributed by atoms with Crippen LogP contribution in [0.2, 0.25) is 0 Å². The number of carbonyl (C=O) groups excluding carboxylic acids is 1. The highest BCUT2D eigenvalue weighted by Gasteiger charge is 2.24. The SMILES string of the molecule is O=C(Nc1onc2c1CCCC2)c1cc([N+](=O)[O-])cc([N+](=O)[O-])c1. The molecule has 0 saturated heterocycles. The van der Waals surface area contributed by atoms with Gasteiger partial charge in [-0.25, -0.2) is 0 Å². The van der Waals surface area contributed by atoms with Crippen molar-refractivity contribution in [3.05, 3.63) is 55.2 Å². The van der Waals surface area contributed by atoms with Crippen LogP contribution < -0.4 is 5.32 Å². The molecule has 10 heteroatoms. The van der Waals surface area contributed by atoms with Gasteiger partial charge in [0.2, 0.25) is 5.88 Å². The third kappa shape index (κ3) is 2.93. The first kappa shape index (κ1) is 15.6. The Labute approximate surface area is 134 Å². The van der Waals surface area contributed by atoms with Gasteiger partial charge in [0.25, 0.3) is 17.3 Å². The number of nitrogens with zero attached hydrogens (tertiary/aromatic N) is 3. The predicted octanol–water partition coefficient (Wildman–Crippen LogP) is 2.62. The number of aryl methyl sites for hydroxylation is 1. The largest absolute Gasteiger partial charge is 0.338 e. The molecular formula is C14H12N4O6. The van der Waals surface area contributed by atoms with Crippen LogP contribution in [0, 0.1) is 20.2 Å². The molecule has 0 saturated carbocycles. The van der Waals surface area contributed by atoms with Crippen molar-refractivity contribution in [3.63, 3.8) is 0 Å². The van der Waals surface area contributed by atoms with Crippen LogP contribution in [0.1, 0.15) is 34.5 Å². The van der Waals surface area contributed by atoms with E-state index in [1.165, 1.54) is 0 Å². The van der Waals surface area contributed by atoms with Crippen molar-refractivity contribution in [1.29, 1.82) is 0 Å². The zero-order valence-electron chi connectivity index (χ0n) is 12.4. The number of amides is 1. The van der Waals surface area contributed by atoms with Gasteiger partial charge >= 0.3 is 0 Å². The molecule has 10 nitrogen and oxygen atoms in total. The maximum absolute atomic E-state index is 12.3. The molecule has 24 heavy (non-hydrogen) atoms. The Bertz CT molecular complexity index is 812. The van der Waals surface area contributed by atoms with Crippen molar-refractivity contribution in [2.75, 3.05) is 5.32 Å². The van der Waals surface area contributed by atoms with Crippen LogP contribution in [0.25, 0.3) is 0 Å². The minimum absolute atomic E-state index is 0.184. The van der Waals surface area contributed by atoms with Crippen LogP contribution in [0.15, 0.2) is 22.7 Å². The average molecular weight is 332 g/mol. The lowest BCUT2D eigenvalue weighted by Crippen LogP contribution is -2.14. The molecule has 1 N–H and O–H groups in total. The fourth-order valence-electron chi connectivity index (χ4n) is 2.60. The smallest absolute Gasteiger partial charge is 0.277 e. The predicted molar refractivity (Wildman–Crippen MR) is 80.8 cm³/mol. The van der Waals surface area contributed by atoms with Crippen LogP contribution >= 0.6 is 0 Å². The lowest BCUT2D eigenvalue weighted by molar-refractivity contribution is -0.394. The third-order valence-corrected chi connectivity index (χ3v) is 3.77. The minimum Gasteiger partial charge on any atom is -0.338 e. The number of carbonyl (C=O) groups is 1. The van der Waals surface area contributed by atoms with Crippen LogP contribution in [0.4, 0.5) is 17.3 Å². The molecule has 2 aromatic rings. The zero-order chi connectivity index (χ0) is 17.3. The van der Waals surface area contributed by atoms with E-state index in [-0.39, 0.29) is 11.4 Å². The summed E-state index contributed by atoms with van der Waals surface area (Å²) in [6, 6.07) is 2.75. The number of nitro benzene ring substituents is 2. The number of aromatic nitrogens is 1. The second-order valence-electron chi connectivity index (χ2n) is 5.35. The number of hydrogen-bond donors (Lipinski definition) is 1. The van der Waals surface area contributed by atoms with Crippen molar-refractivity contribution in [3.8, 4) is 0 Å². The summed E-state index contributed by atoms with van der Waals surface area (Å²) in [5, 5.41) is 28.1. The number of nitrogens with one attached hydrogen (secondary N) is 1. The Morgan fingerprint density at radius 2 is 1.71 bits per heavy atom. The monoisotopic (exact) mass is 332 g/mol. The molecule has 0 spiro atoms. The first-order valence-corrected chi connectivity index (χ1v) is 7.18. The van der Waals surface area contributed by atoms with E-state index >= 15 is 0 Å². The van der Waals surface area contributed by atoms with E-state index in [9.17, 15) is 25.0 Å². The zero-order valence-corrected chi connectivity index (χ0v) is 12.4. The van der Waals surface area contributed by atoms with Gasteiger partial charge in [0.1, 0.15) is 0 Å². The highest BCUT2D eigenvalue weighted by molar-refractivity contribution is 6.04. The van der Waals surface area contributed by atoms with Crippen molar-refractivity contribution >= 4 is 23.2 Å². The van der Waals surface area contributed by atoms with Crippen molar-refractivity contribution in [2.45, 2.75) is 25.7 Å². The van der Waals surface area contributed by atoms with Gasteiger partial charge in [-0.3, -0.25) is 30.3 Å². The summed E-state index contributed by atoms with van der Waals surface area (Å²) < 4.78 is 5.12. The van der Waals surface area contributed by atoms with E-state index in [4.69, 9.17) is 4.52 Å². The number of nitro groups is 2. The number of fused-ring (bicyclic) bond motifs is 1. The standard InChI is InChI=1S/C14H12N4O6/c19-13(15-14-11-3-1-2-4-12(11)16-24-14)8-5-9(17(20)21)7-10(6-8)18(22)23/h5-7H,1-4H2,(H,15,19). The molecule has 1 heterocycles. The van der Waals surface area contributed by atoms with E-state index in [1.807, 2.05) is 0 Å². The van der Waals surface area contributed by atoms with E-state index in [0.717, 1.165) is 48.7 Å². The van der Waals surface area contributed by atoms with Gasteiger partial charge in [0, 0.05) is 17.7 Å². The molecule has 1 aliphatic rings. The third-order valence-electron chi connectivity index (χ3n) is 3.77. The Kier molecular flexibility index (Phi) is 3.94. The molecule has 0 fully saturated rings. The van der Waals surface area contributed by atoms with Gasteiger partial charge in [-0.1, -0.05) is 5.16 Å². The molecule has 3 rings (SSSR count). The minimum atomic E-state index is -0.792. The van der Waals surface area contributed by atoms with E-state index < -0.39 is 27.1 Å². The molecule has 0 bridgehead atoms. The highest BCUT2D eigenvalue weighted by Crippen LogP contribution is 2.29. The fraction of sp³-hybridized carbons (Fsp3) is 0.286. The Morgan fingerprint density at radius 3 is 2.33 bits per heavy atom. The molecule has 1 aromatic heterocycles. The van der Waals surface area contributed by atoms with E-state index in [1.54, 1.807) is 0 Å². The quantitative estimate of drug-likeness (QED) is 0.669. The van der Waals surface area contributed by atoms with Gasteiger partial charge in [0.15, 0.2) is 0 Å². The second-order valence-corrected chi connectivity index (χ2v) is 5.35. The molecule has 124 valence electrons. The molecule has 0 unspecified atom stereocenters. The summed E-state index contributed by atoms with van der Waals surface area (Å²) in [7, 11) is 0.